The largest absolute Gasteiger partial charge is 0.497 e. The average molecular weight is 379 g/mol. The number of likely N-dealkylation sites (tertiary alicyclic amines) is 1. The number of aromatic nitrogens is 3. The van der Waals surface area contributed by atoms with Gasteiger partial charge in [0, 0.05) is 18.7 Å². The Kier molecular flexibility index (Phi) is 5.53. The van der Waals surface area contributed by atoms with Crippen LogP contribution >= 0.6 is 0 Å². The number of carbonyl (C=O) groups excluding carboxylic acids is 1. The summed E-state index contributed by atoms with van der Waals surface area (Å²) in [5, 5.41) is 11.6. The third kappa shape index (κ3) is 4.14. The van der Waals surface area contributed by atoms with E-state index < -0.39 is 0 Å². The van der Waals surface area contributed by atoms with Crippen LogP contribution in [0.5, 0.6) is 5.75 Å². The van der Waals surface area contributed by atoms with E-state index in [0.717, 1.165) is 48.7 Å². The van der Waals surface area contributed by atoms with Gasteiger partial charge in [-0.1, -0.05) is 18.2 Å². The number of nitrogens with one attached hydrogen (secondary N) is 1. The number of hydrogen-bond donors (Lipinski definition) is 1. The Labute approximate surface area is 164 Å². The molecule has 1 aliphatic rings. The number of benzene rings is 1. The predicted molar refractivity (Wildman–Crippen MR) is 106 cm³/mol. The standard InChI is InChI=1S/C21H25N5O2/c1-28-18-7-5-16(6-8-18)14-22-20(27)15-25-12-9-17(10-13-25)21-24-23-19-4-2-3-11-26(19)21/h2-8,11,17H,9-10,12-15H2,1H3,(H,22,27). The fourth-order valence-corrected chi connectivity index (χ4v) is 3.69. The maximum atomic E-state index is 12.3. The number of nitrogens with zero attached hydrogens (tertiary/aromatic N) is 4. The van der Waals surface area contributed by atoms with Gasteiger partial charge in [-0.3, -0.25) is 14.1 Å². The molecule has 1 aliphatic heterocycles. The van der Waals surface area contributed by atoms with Crippen LogP contribution in [0.2, 0.25) is 0 Å². The molecule has 7 heteroatoms. The molecular formula is C21H25N5O2. The van der Waals surface area contributed by atoms with E-state index in [0.29, 0.717) is 19.0 Å². The van der Waals surface area contributed by atoms with Crippen molar-refractivity contribution in [2.45, 2.75) is 25.3 Å². The van der Waals surface area contributed by atoms with E-state index in [1.165, 1.54) is 0 Å². The van der Waals surface area contributed by atoms with Crippen LogP contribution < -0.4 is 10.1 Å². The summed E-state index contributed by atoms with van der Waals surface area (Å²) in [6, 6.07) is 13.7. The van der Waals surface area contributed by atoms with Crippen molar-refractivity contribution >= 4 is 11.6 Å². The number of pyridine rings is 1. The van der Waals surface area contributed by atoms with Crippen molar-refractivity contribution in [1.82, 2.24) is 24.8 Å². The van der Waals surface area contributed by atoms with Gasteiger partial charge in [0.15, 0.2) is 5.65 Å². The van der Waals surface area contributed by atoms with E-state index in [-0.39, 0.29) is 5.91 Å². The minimum Gasteiger partial charge on any atom is -0.497 e. The molecule has 1 fully saturated rings. The van der Waals surface area contributed by atoms with E-state index in [9.17, 15) is 4.79 Å². The van der Waals surface area contributed by atoms with Gasteiger partial charge in [0.05, 0.1) is 13.7 Å². The van der Waals surface area contributed by atoms with Crippen LogP contribution in [0.1, 0.15) is 30.1 Å². The molecule has 0 radical (unpaired) electrons. The summed E-state index contributed by atoms with van der Waals surface area (Å²) >= 11 is 0. The fraction of sp³-hybridized carbons (Fsp3) is 0.381. The van der Waals surface area contributed by atoms with Crippen molar-refractivity contribution < 1.29 is 9.53 Å². The lowest BCUT2D eigenvalue weighted by Crippen LogP contribution is -2.41. The number of rotatable bonds is 6. The zero-order valence-electron chi connectivity index (χ0n) is 16.0. The lowest BCUT2D eigenvalue weighted by atomic mass is 9.96. The van der Waals surface area contributed by atoms with Gasteiger partial charge in [-0.25, -0.2) is 0 Å². The molecule has 28 heavy (non-hydrogen) atoms. The van der Waals surface area contributed by atoms with Crippen LogP contribution in [-0.4, -0.2) is 52.1 Å². The van der Waals surface area contributed by atoms with Gasteiger partial charge in [0.2, 0.25) is 5.91 Å². The summed E-state index contributed by atoms with van der Waals surface area (Å²) in [6.45, 7) is 2.75. The topological polar surface area (TPSA) is 71.8 Å². The maximum Gasteiger partial charge on any atom is 0.234 e. The van der Waals surface area contributed by atoms with Gasteiger partial charge in [-0.2, -0.15) is 0 Å². The quantitative estimate of drug-likeness (QED) is 0.711. The highest BCUT2D eigenvalue weighted by Gasteiger charge is 2.25. The molecule has 0 atom stereocenters. The molecule has 4 rings (SSSR count). The molecule has 3 heterocycles. The first-order valence-corrected chi connectivity index (χ1v) is 9.64. The first-order valence-electron chi connectivity index (χ1n) is 9.64. The van der Waals surface area contributed by atoms with E-state index in [2.05, 4.69) is 24.8 Å². The third-order valence-electron chi connectivity index (χ3n) is 5.31. The Morgan fingerprint density at radius 2 is 1.93 bits per heavy atom. The second-order valence-corrected chi connectivity index (χ2v) is 7.16. The van der Waals surface area contributed by atoms with Crippen molar-refractivity contribution in [3.05, 3.63) is 60.0 Å². The molecule has 1 amide bonds. The molecule has 0 bridgehead atoms. The molecule has 3 aromatic rings. The zero-order chi connectivity index (χ0) is 19.3. The van der Waals surface area contributed by atoms with Crippen LogP contribution in [0.15, 0.2) is 48.7 Å². The second-order valence-electron chi connectivity index (χ2n) is 7.16. The van der Waals surface area contributed by atoms with Crippen LogP contribution in [0.25, 0.3) is 5.65 Å². The number of amides is 1. The van der Waals surface area contributed by atoms with Gasteiger partial charge < -0.3 is 10.1 Å². The number of hydrogen-bond acceptors (Lipinski definition) is 5. The van der Waals surface area contributed by atoms with Crippen LogP contribution in [-0.2, 0) is 11.3 Å². The van der Waals surface area contributed by atoms with Crippen LogP contribution in [0.3, 0.4) is 0 Å². The van der Waals surface area contributed by atoms with E-state index in [1.807, 2.05) is 48.7 Å². The minimum absolute atomic E-state index is 0.0576. The Hall–Kier alpha value is -2.93. The van der Waals surface area contributed by atoms with Crippen LogP contribution in [0, 0.1) is 0 Å². The summed E-state index contributed by atoms with van der Waals surface area (Å²) in [5.41, 5.74) is 1.95. The van der Waals surface area contributed by atoms with Gasteiger partial charge >= 0.3 is 0 Å². The highest BCUT2D eigenvalue weighted by Crippen LogP contribution is 2.26. The zero-order valence-corrected chi connectivity index (χ0v) is 16.0. The fourth-order valence-electron chi connectivity index (χ4n) is 3.69. The predicted octanol–water partition coefficient (Wildman–Crippen LogP) is 2.23. The smallest absolute Gasteiger partial charge is 0.234 e. The van der Waals surface area contributed by atoms with E-state index >= 15 is 0 Å². The van der Waals surface area contributed by atoms with Crippen molar-refractivity contribution in [2.75, 3.05) is 26.7 Å². The molecule has 0 unspecified atom stereocenters. The first kappa shape index (κ1) is 18.4. The molecule has 0 spiro atoms. The van der Waals surface area contributed by atoms with Crippen molar-refractivity contribution in [1.29, 1.82) is 0 Å². The molecule has 1 N–H and O–H groups in total. The average Bonchev–Trinajstić information content (AvgIpc) is 3.17. The van der Waals surface area contributed by atoms with Crippen molar-refractivity contribution in [3.63, 3.8) is 0 Å². The molecule has 0 aliphatic carbocycles. The lowest BCUT2D eigenvalue weighted by molar-refractivity contribution is -0.122. The number of fused-ring (bicyclic) bond motifs is 1. The molecular weight excluding hydrogens is 354 g/mol. The summed E-state index contributed by atoms with van der Waals surface area (Å²) < 4.78 is 7.22. The SMILES string of the molecule is COc1ccc(CNC(=O)CN2CCC(c3nnc4ccccn34)CC2)cc1. The van der Waals surface area contributed by atoms with Crippen LogP contribution in [0.4, 0.5) is 0 Å². The Morgan fingerprint density at radius 1 is 1.14 bits per heavy atom. The Bertz CT molecular complexity index is 929. The molecule has 1 aromatic carbocycles. The summed E-state index contributed by atoms with van der Waals surface area (Å²) in [7, 11) is 1.64. The van der Waals surface area contributed by atoms with Gasteiger partial charge in [0.25, 0.3) is 0 Å². The molecule has 1 saturated heterocycles. The monoisotopic (exact) mass is 379 g/mol. The minimum atomic E-state index is 0.0576. The highest BCUT2D eigenvalue weighted by molar-refractivity contribution is 5.78. The second kappa shape index (κ2) is 8.39. The van der Waals surface area contributed by atoms with Gasteiger partial charge in [0.1, 0.15) is 11.6 Å². The molecule has 2 aromatic heterocycles. The summed E-state index contributed by atoms with van der Waals surface area (Å²) in [6.07, 6.45) is 3.99. The number of methoxy groups -OCH3 is 1. The number of carbonyl (C=O) groups is 1. The summed E-state index contributed by atoms with van der Waals surface area (Å²) in [5.74, 6) is 2.29. The normalized spacial score (nSPS) is 15.6. The third-order valence-corrected chi connectivity index (χ3v) is 5.31. The van der Waals surface area contributed by atoms with E-state index in [4.69, 9.17) is 4.74 Å². The van der Waals surface area contributed by atoms with Gasteiger partial charge in [-0.05, 0) is 55.8 Å². The highest BCUT2D eigenvalue weighted by atomic mass is 16.5. The first-order chi connectivity index (χ1) is 13.7. The number of piperidine rings is 1. The molecule has 146 valence electrons. The lowest BCUT2D eigenvalue weighted by Gasteiger charge is -2.30. The van der Waals surface area contributed by atoms with E-state index in [1.54, 1.807) is 7.11 Å². The molecule has 7 nitrogen and oxygen atoms in total. The van der Waals surface area contributed by atoms with Gasteiger partial charge in [-0.15, -0.1) is 10.2 Å². The number of ether oxygens (including phenoxy) is 1. The maximum absolute atomic E-state index is 12.3. The summed E-state index contributed by atoms with van der Waals surface area (Å²) in [4.78, 5) is 14.5. The Balaban J connectivity index is 1.25. The van der Waals surface area contributed by atoms with Crippen molar-refractivity contribution in [3.8, 4) is 5.75 Å². The Morgan fingerprint density at radius 3 is 2.68 bits per heavy atom. The molecule has 0 saturated carbocycles. The van der Waals surface area contributed by atoms with Crippen molar-refractivity contribution in [2.24, 2.45) is 0 Å².